The zero-order valence-electron chi connectivity index (χ0n) is 8.26. The first-order chi connectivity index (χ1) is 6.01. The van der Waals surface area contributed by atoms with Crippen molar-refractivity contribution in [2.45, 2.75) is 33.3 Å². The van der Waals surface area contributed by atoms with Gasteiger partial charge in [0, 0.05) is 23.5 Å². The smallest absolute Gasteiger partial charge is 0.163 e. The molecule has 2 nitrogen and oxygen atoms in total. The van der Waals surface area contributed by atoms with Crippen LogP contribution in [-0.4, -0.2) is 11.9 Å². The Morgan fingerprint density at radius 2 is 2.23 bits per heavy atom. The molecular formula is C11H14O2. The molecule has 0 spiro atoms. The Kier molecular flexibility index (Phi) is 1.62. The van der Waals surface area contributed by atoms with Crippen LogP contribution in [0.25, 0.3) is 0 Å². The van der Waals surface area contributed by atoms with Gasteiger partial charge in [-0.15, -0.1) is 0 Å². The Morgan fingerprint density at radius 1 is 1.54 bits per heavy atom. The number of fused-ring (bicyclic) bond motifs is 1. The number of hydrogen-bond acceptors (Lipinski definition) is 2. The molecule has 1 fully saturated rings. The maximum absolute atomic E-state index is 11.1. The average molecular weight is 178 g/mol. The fourth-order valence-electron chi connectivity index (χ4n) is 1.82. The van der Waals surface area contributed by atoms with Crippen LogP contribution in [0.5, 0.6) is 0 Å². The monoisotopic (exact) mass is 178 g/mol. The van der Waals surface area contributed by atoms with E-state index in [0.29, 0.717) is 6.42 Å². The summed E-state index contributed by atoms with van der Waals surface area (Å²) >= 11 is 0. The molecule has 1 heterocycles. The van der Waals surface area contributed by atoms with Gasteiger partial charge in [0.2, 0.25) is 0 Å². The van der Waals surface area contributed by atoms with Gasteiger partial charge < -0.3 is 4.74 Å². The molecule has 0 aromatic carbocycles. The van der Waals surface area contributed by atoms with Crippen LogP contribution < -0.4 is 0 Å². The van der Waals surface area contributed by atoms with Crippen LogP contribution in [0, 0.1) is 5.41 Å². The van der Waals surface area contributed by atoms with Crippen LogP contribution in [0.3, 0.4) is 0 Å². The van der Waals surface area contributed by atoms with Crippen molar-refractivity contribution in [3.05, 3.63) is 23.5 Å². The van der Waals surface area contributed by atoms with E-state index in [1.807, 2.05) is 13.0 Å². The van der Waals surface area contributed by atoms with Crippen molar-refractivity contribution in [1.29, 1.82) is 0 Å². The largest absolute Gasteiger partial charge is 0.489 e. The van der Waals surface area contributed by atoms with Crippen molar-refractivity contribution < 1.29 is 9.53 Å². The molecule has 13 heavy (non-hydrogen) atoms. The summed E-state index contributed by atoms with van der Waals surface area (Å²) in [5, 5.41) is 0. The van der Waals surface area contributed by atoms with Gasteiger partial charge in [-0.05, 0) is 6.92 Å². The van der Waals surface area contributed by atoms with Gasteiger partial charge in [0.05, 0.1) is 0 Å². The van der Waals surface area contributed by atoms with E-state index in [9.17, 15) is 4.79 Å². The van der Waals surface area contributed by atoms with Gasteiger partial charge in [0.1, 0.15) is 11.9 Å². The second kappa shape index (κ2) is 2.47. The van der Waals surface area contributed by atoms with E-state index in [0.717, 1.165) is 5.76 Å². The molecule has 1 aliphatic carbocycles. The van der Waals surface area contributed by atoms with Crippen molar-refractivity contribution in [2.24, 2.45) is 5.41 Å². The fourth-order valence-corrected chi connectivity index (χ4v) is 1.82. The molecule has 2 rings (SSSR count). The Hall–Kier alpha value is -1.05. The van der Waals surface area contributed by atoms with Gasteiger partial charge in [0.15, 0.2) is 5.78 Å². The Bertz CT molecular complexity index is 321. The normalized spacial score (nSPS) is 30.4. The van der Waals surface area contributed by atoms with E-state index in [2.05, 4.69) is 13.8 Å². The van der Waals surface area contributed by atoms with Crippen LogP contribution in [-0.2, 0) is 9.53 Å². The molecule has 0 N–H and O–H groups in total. The van der Waals surface area contributed by atoms with Crippen molar-refractivity contribution in [1.82, 2.24) is 0 Å². The van der Waals surface area contributed by atoms with Crippen LogP contribution in [0.1, 0.15) is 27.2 Å². The molecule has 2 heteroatoms. The maximum atomic E-state index is 11.1. The molecule has 0 aromatic rings. The van der Waals surface area contributed by atoms with Gasteiger partial charge in [0.25, 0.3) is 0 Å². The van der Waals surface area contributed by atoms with Crippen molar-refractivity contribution >= 4 is 5.78 Å². The lowest BCUT2D eigenvalue weighted by atomic mass is 9.79. The number of allylic oxidation sites excluding steroid dienone is 3. The first-order valence-corrected chi connectivity index (χ1v) is 4.64. The molecular weight excluding hydrogens is 164 g/mol. The highest BCUT2D eigenvalue weighted by atomic mass is 16.5. The third-order valence-electron chi connectivity index (χ3n) is 3.08. The number of ketones is 1. The van der Waals surface area contributed by atoms with Gasteiger partial charge in [-0.2, -0.15) is 0 Å². The lowest BCUT2D eigenvalue weighted by molar-refractivity contribution is -0.114. The van der Waals surface area contributed by atoms with Crippen LogP contribution >= 0.6 is 0 Å². The minimum atomic E-state index is 0.0481. The third-order valence-corrected chi connectivity index (χ3v) is 3.08. The van der Waals surface area contributed by atoms with Gasteiger partial charge in [-0.1, -0.05) is 19.9 Å². The van der Waals surface area contributed by atoms with Crippen molar-refractivity contribution in [2.75, 3.05) is 0 Å². The maximum Gasteiger partial charge on any atom is 0.163 e. The summed E-state index contributed by atoms with van der Waals surface area (Å²) in [4.78, 5) is 11.1. The van der Waals surface area contributed by atoms with E-state index >= 15 is 0 Å². The number of rotatable bonds is 0. The summed E-state index contributed by atoms with van der Waals surface area (Å²) in [5.74, 6) is 0.928. The zero-order chi connectivity index (χ0) is 9.64. The molecule has 0 aromatic heterocycles. The summed E-state index contributed by atoms with van der Waals surface area (Å²) in [5.41, 5.74) is 1.24. The summed E-state index contributed by atoms with van der Waals surface area (Å²) in [6.45, 7) is 6.35. The van der Waals surface area contributed by atoms with E-state index < -0.39 is 0 Å². The summed E-state index contributed by atoms with van der Waals surface area (Å²) < 4.78 is 5.62. The number of ether oxygens (including phenoxy) is 1. The number of carbonyl (C=O) groups is 1. The molecule has 0 amide bonds. The van der Waals surface area contributed by atoms with Crippen LogP contribution in [0.2, 0.25) is 0 Å². The third kappa shape index (κ3) is 1.12. The fraction of sp³-hybridized carbons (Fsp3) is 0.545. The molecule has 0 bridgehead atoms. The standard InChI is InChI=1S/C11H14O2/c1-7-11(2,3)9-5-4-8(12)6-10(9)13-7/h5-7H,4H2,1-3H3. The summed E-state index contributed by atoms with van der Waals surface area (Å²) in [7, 11) is 0. The van der Waals surface area contributed by atoms with Gasteiger partial charge in [-0.3, -0.25) is 4.79 Å². The van der Waals surface area contributed by atoms with Crippen LogP contribution in [0.15, 0.2) is 23.5 Å². The Labute approximate surface area is 78.3 Å². The second-order valence-electron chi connectivity index (χ2n) is 4.28. The number of carbonyl (C=O) groups excluding carboxylic acids is 1. The predicted octanol–water partition coefficient (Wildman–Crippen LogP) is 2.21. The highest BCUT2D eigenvalue weighted by Crippen LogP contribution is 2.46. The zero-order valence-corrected chi connectivity index (χ0v) is 8.26. The Balaban J connectivity index is 2.44. The second-order valence-corrected chi connectivity index (χ2v) is 4.28. The quantitative estimate of drug-likeness (QED) is 0.568. The first kappa shape index (κ1) is 8.54. The van der Waals surface area contributed by atoms with E-state index in [1.165, 1.54) is 5.57 Å². The molecule has 70 valence electrons. The minimum absolute atomic E-state index is 0.0481. The summed E-state index contributed by atoms with van der Waals surface area (Å²) in [6, 6.07) is 0. The van der Waals surface area contributed by atoms with Crippen molar-refractivity contribution in [3.63, 3.8) is 0 Å². The van der Waals surface area contributed by atoms with Crippen molar-refractivity contribution in [3.8, 4) is 0 Å². The Morgan fingerprint density at radius 3 is 2.92 bits per heavy atom. The highest BCUT2D eigenvalue weighted by Gasteiger charge is 2.42. The SMILES string of the molecule is CC1OC2=CC(=O)CC=C2C1(C)C. The lowest BCUT2D eigenvalue weighted by Crippen LogP contribution is -2.22. The molecule has 1 aliphatic heterocycles. The highest BCUT2D eigenvalue weighted by molar-refractivity contribution is 5.93. The molecule has 0 radical (unpaired) electrons. The number of hydrogen-bond donors (Lipinski definition) is 0. The van der Waals surface area contributed by atoms with E-state index in [-0.39, 0.29) is 17.3 Å². The molecule has 2 aliphatic rings. The molecule has 1 unspecified atom stereocenters. The molecule has 0 saturated carbocycles. The predicted molar refractivity (Wildman–Crippen MR) is 50.1 cm³/mol. The minimum Gasteiger partial charge on any atom is -0.489 e. The topological polar surface area (TPSA) is 26.3 Å². The average Bonchev–Trinajstić information content (AvgIpc) is 2.23. The van der Waals surface area contributed by atoms with Gasteiger partial charge >= 0.3 is 0 Å². The lowest BCUT2D eigenvalue weighted by Gasteiger charge is -2.22. The summed E-state index contributed by atoms with van der Waals surface area (Å²) in [6.07, 6.45) is 4.32. The van der Waals surface area contributed by atoms with Crippen LogP contribution in [0.4, 0.5) is 0 Å². The molecule has 1 atom stereocenters. The first-order valence-electron chi connectivity index (χ1n) is 4.64. The van der Waals surface area contributed by atoms with E-state index in [4.69, 9.17) is 4.74 Å². The molecule has 1 saturated heterocycles. The van der Waals surface area contributed by atoms with Gasteiger partial charge in [-0.25, -0.2) is 0 Å². The van der Waals surface area contributed by atoms with E-state index in [1.54, 1.807) is 6.08 Å².